The minimum Gasteiger partial charge on any atom is -0.311 e. The van der Waals surface area contributed by atoms with E-state index in [0.29, 0.717) is 0 Å². The Balaban J connectivity index is 0.990. The zero-order valence-corrected chi connectivity index (χ0v) is 48.5. The second kappa shape index (κ2) is 16.5. The number of fused-ring (bicyclic) bond motifs is 13. The van der Waals surface area contributed by atoms with Gasteiger partial charge in [-0.2, -0.15) is 0 Å². The SMILES string of the molecule is CC(C)(C)c1ccc2c(c1)N(c1ccc3c(c1)C(C)(C)c1ccccc1-3)c1cc(C(C)(C)C)cc3c1B2c1cc(-c2cccc4c2C(C)(C)c2ccccc2-4)ccc1N3c1ccc(-c2cccc3c2C(C)(C)c2ccccc2-3)cc1. The first-order valence-electron chi connectivity index (χ1n) is 29.1. The molecule has 0 bridgehead atoms. The smallest absolute Gasteiger partial charge is 0.252 e. The maximum absolute atomic E-state index is 2.66. The second-order valence-corrected chi connectivity index (χ2v) is 27.3. The van der Waals surface area contributed by atoms with Crippen molar-refractivity contribution >= 4 is 57.2 Å². The number of anilines is 6. The highest BCUT2D eigenvalue weighted by Gasteiger charge is 2.47. The highest BCUT2D eigenvalue weighted by atomic mass is 15.2. The van der Waals surface area contributed by atoms with E-state index in [4.69, 9.17) is 0 Å². The van der Waals surface area contributed by atoms with Crippen molar-refractivity contribution in [2.24, 2.45) is 0 Å². The molecule has 0 fully saturated rings. The van der Waals surface area contributed by atoms with Crippen molar-refractivity contribution in [1.82, 2.24) is 0 Å². The average molecular weight is 1030 g/mol. The van der Waals surface area contributed by atoms with Gasteiger partial charge >= 0.3 is 0 Å². The lowest BCUT2D eigenvalue weighted by atomic mass is 9.33. The van der Waals surface area contributed by atoms with Crippen LogP contribution in [0.15, 0.2) is 200 Å². The molecule has 3 aliphatic carbocycles. The molecule has 0 unspecified atom stereocenters. The molecule has 0 saturated heterocycles. The van der Waals surface area contributed by atoms with Crippen molar-refractivity contribution in [3.63, 3.8) is 0 Å². The summed E-state index contributed by atoms with van der Waals surface area (Å²) in [4.78, 5) is 5.28. The first-order valence-corrected chi connectivity index (χ1v) is 29.1. The van der Waals surface area contributed by atoms with Gasteiger partial charge in [-0.05, 0) is 176 Å². The predicted octanol–water partition coefficient (Wildman–Crippen LogP) is 18.6. The van der Waals surface area contributed by atoms with Crippen LogP contribution in [0.2, 0.25) is 0 Å². The Morgan fingerprint density at radius 2 is 0.762 bits per heavy atom. The summed E-state index contributed by atoms with van der Waals surface area (Å²) in [6, 6.07) is 77.9. The molecule has 0 N–H and O–H groups in total. The van der Waals surface area contributed by atoms with E-state index in [9.17, 15) is 0 Å². The summed E-state index contributed by atoms with van der Waals surface area (Å²) in [6.07, 6.45) is 0. The van der Waals surface area contributed by atoms with Crippen LogP contribution in [0, 0.1) is 0 Å². The Morgan fingerprint density at radius 3 is 1.34 bits per heavy atom. The molecule has 15 rings (SSSR count). The molecular formula is C77H69BN2. The van der Waals surface area contributed by atoms with E-state index in [1.165, 1.54) is 145 Å². The van der Waals surface area contributed by atoms with Gasteiger partial charge in [0.2, 0.25) is 0 Å². The zero-order chi connectivity index (χ0) is 55.2. The molecule has 0 spiro atoms. The lowest BCUT2D eigenvalue weighted by molar-refractivity contribution is 0.590. The molecule has 2 aliphatic heterocycles. The molecular weight excluding hydrogens is 964 g/mol. The largest absolute Gasteiger partial charge is 0.311 e. The third kappa shape index (κ3) is 6.73. The number of nitrogens with zero attached hydrogens (tertiary/aromatic N) is 2. The first kappa shape index (κ1) is 48.9. The number of benzene rings is 10. The summed E-state index contributed by atoms with van der Waals surface area (Å²) in [7, 11) is 0. The Morgan fingerprint density at radius 1 is 0.312 bits per heavy atom. The van der Waals surface area contributed by atoms with E-state index in [1.807, 2.05) is 0 Å². The molecule has 0 aromatic heterocycles. The third-order valence-corrected chi connectivity index (χ3v) is 19.5. The zero-order valence-electron chi connectivity index (χ0n) is 48.5. The number of hydrogen-bond acceptors (Lipinski definition) is 2. The third-order valence-electron chi connectivity index (χ3n) is 19.5. The molecule has 0 radical (unpaired) electrons. The molecule has 10 aromatic carbocycles. The summed E-state index contributed by atoms with van der Waals surface area (Å²) in [5.74, 6) is 0. The van der Waals surface area contributed by atoms with Crippen LogP contribution in [0.25, 0.3) is 55.6 Å². The van der Waals surface area contributed by atoms with Gasteiger partial charge in [0, 0.05) is 50.4 Å². The number of rotatable bonds is 4. The molecule has 0 amide bonds. The van der Waals surface area contributed by atoms with Gasteiger partial charge < -0.3 is 9.80 Å². The minimum absolute atomic E-state index is 0.0485. The predicted molar refractivity (Wildman–Crippen MR) is 341 cm³/mol. The Hall–Kier alpha value is -8.14. The Labute approximate surface area is 474 Å². The van der Waals surface area contributed by atoms with Gasteiger partial charge in [0.15, 0.2) is 0 Å². The normalized spacial score (nSPS) is 16.0. The fourth-order valence-electron chi connectivity index (χ4n) is 15.4. The topological polar surface area (TPSA) is 6.48 Å². The molecule has 5 aliphatic rings. The summed E-state index contributed by atoms with van der Waals surface area (Å²) in [5, 5.41) is 0. The van der Waals surface area contributed by atoms with E-state index >= 15 is 0 Å². The van der Waals surface area contributed by atoms with Crippen molar-refractivity contribution in [3.05, 3.63) is 245 Å². The highest BCUT2D eigenvalue weighted by Crippen LogP contribution is 2.56. The molecule has 3 heteroatoms. The van der Waals surface area contributed by atoms with Gasteiger partial charge in [-0.1, -0.05) is 235 Å². The van der Waals surface area contributed by atoms with Gasteiger partial charge in [-0.15, -0.1) is 0 Å². The van der Waals surface area contributed by atoms with Crippen LogP contribution in [0.5, 0.6) is 0 Å². The summed E-state index contributed by atoms with van der Waals surface area (Å²) in [5.41, 5.74) is 34.8. The van der Waals surface area contributed by atoms with Crippen LogP contribution < -0.4 is 26.2 Å². The molecule has 0 saturated carbocycles. The second-order valence-electron chi connectivity index (χ2n) is 27.3. The maximum Gasteiger partial charge on any atom is 0.252 e. The van der Waals surface area contributed by atoms with E-state index < -0.39 is 0 Å². The van der Waals surface area contributed by atoms with E-state index in [0.717, 1.165) is 5.69 Å². The molecule has 10 aromatic rings. The molecule has 0 atom stereocenters. The van der Waals surface area contributed by atoms with Crippen LogP contribution in [-0.2, 0) is 27.1 Å². The molecule has 390 valence electrons. The van der Waals surface area contributed by atoms with E-state index in [1.54, 1.807) is 0 Å². The monoisotopic (exact) mass is 1030 g/mol. The van der Waals surface area contributed by atoms with Gasteiger partial charge in [0.25, 0.3) is 6.71 Å². The van der Waals surface area contributed by atoms with Crippen LogP contribution in [0.4, 0.5) is 34.1 Å². The van der Waals surface area contributed by atoms with Crippen LogP contribution >= 0.6 is 0 Å². The minimum atomic E-state index is -0.167. The van der Waals surface area contributed by atoms with Crippen molar-refractivity contribution in [2.45, 2.75) is 110 Å². The lowest BCUT2D eigenvalue weighted by Crippen LogP contribution is -2.61. The summed E-state index contributed by atoms with van der Waals surface area (Å²) >= 11 is 0. The first-order chi connectivity index (χ1) is 38.2. The van der Waals surface area contributed by atoms with Crippen molar-refractivity contribution in [2.75, 3.05) is 9.80 Å². The fourth-order valence-corrected chi connectivity index (χ4v) is 15.4. The van der Waals surface area contributed by atoms with E-state index in [2.05, 4.69) is 293 Å². The van der Waals surface area contributed by atoms with Crippen LogP contribution in [0.3, 0.4) is 0 Å². The van der Waals surface area contributed by atoms with Gasteiger partial charge in [-0.25, -0.2) is 0 Å². The number of hydrogen-bond donors (Lipinski definition) is 0. The quantitative estimate of drug-likeness (QED) is 0.162. The van der Waals surface area contributed by atoms with Crippen molar-refractivity contribution < 1.29 is 0 Å². The highest BCUT2D eigenvalue weighted by molar-refractivity contribution is 7.00. The Kier molecular flexibility index (Phi) is 10.1. The van der Waals surface area contributed by atoms with Crippen LogP contribution in [-0.4, -0.2) is 6.71 Å². The van der Waals surface area contributed by atoms with Crippen molar-refractivity contribution in [3.8, 4) is 55.6 Å². The van der Waals surface area contributed by atoms with Crippen LogP contribution in [0.1, 0.15) is 128 Å². The van der Waals surface area contributed by atoms with E-state index in [-0.39, 0.29) is 33.8 Å². The Bertz CT molecular complexity index is 4300. The van der Waals surface area contributed by atoms with Crippen molar-refractivity contribution in [1.29, 1.82) is 0 Å². The van der Waals surface area contributed by atoms with Gasteiger partial charge in [-0.3, -0.25) is 0 Å². The maximum atomic E-state index is 2.66. The standard InChI is InChI=1S/C77H69BN2/c1-73(2,3)48-34-39-64-67(42-48)80(51-37-38-57-54-21-13-16-28-60(54)75(7,8)63(57)45-51)69-44-49(74(4,5)6)43-68-72(69)78(64)65-41-47(53-25-20-27-59-56-23-15-18-30-62(56)77(11,12)71(53)59)33-40-66(65)79(68)50-35-31-46(32-36-50)52-24-19-26-58-55-22-14-17-29-61(55)76(9,10)70(52)58/h13-45H,1-12H3. The summed E-state index contributed by atoms with van der Waals surface area (Å²) in [6.45, 7) is 28.6. The van der Waals surface area contributed by atoms with Gasteiger partial charge in [0.05, 0.1) is 0 Å². The lowest BCUT2D eigenvalue weighted by Gasteiger charge is -2.45. The average Bonchev–Trinajstić information content (AvgIpc) is 2.62. The fraction of sp³-hybridized carbons (Fsp3) is 0.221. The molecule has 2 heterocycles. The molecule has 2 nitrogen and oxygen atoms in total. The van der Waals surface area contributed by atoms with Gasteiger partial charge in [0.1, 0.15) is 0 Å². The molecule has 80 heavy (non-hydrogen) atoms. The summed E-state index contributed by atoms with van der Waals surface area (Å²) < 4.78 is 0.